The number of nitrogens with zero attached hydrogens (tertiary/aromatic N) is 1. The van der Waals surface area contributed by atoms with E-state index in [4.69, 9.17) is 5.73 Å². The number of nitrogens with one attached hydrogen (secondary N) is 1. The van der Waals surface area contributed by atoms with E-state index >= 15 is 0 Å². The zero-order valence-electron chi connectivity index (χ0n) is 7.86. The zero-order chi connectivity index (χ0) is 9.90. The molecule has 1 fully saturated rings. The molecule has 0 saturated carbocycles. The molecule has 6 heteroatoms. The summed E-state index contributed by atoms with van der Waals surface area (Å²) in [5, 5.41) is 0. The topological polar surface area (TPSA) is 75.4 Å². The Hall–Kier alpha value is -0.170. The highest BCUT2D eigenvalue weighted by molar-refractivity contribution is 7.88. The average Bonchev–Trinajstić information content (AvgIpc) is 2.33. The second-order valence-corrected chi connectivity index (χ2v) is 5.35. The van der Waals surface area contributed by atoms with Crippen LogP contribution in [0.4, 0.5) is 0 Å². The van der Waals surface area contributed by atoms with Gasteiger partial charge in [-0.05, 0) is 13.0 Å². The molecule has 1 aliphatic heterocycles. The van der Waals surface area contributed by atoms with Gasteiger partial charge in [0.15, 0.2) is 0 Å². The van der Waals surface area contributed by atoms with Gasteiger partial charge in [0.25, 0.3) is 0 Å². The van der Waals surface area contributed by atoms with Crippen molar-refractivity contribution in [3.05, 3.63) is 0 Å². The van der Waals surface area contributed by atoms with E-state index in [2.05, 4.69) is 9.62 Å². The molecule has 0 unspecified atom stereocenters. The van der Waals surface area contributed by atoms with Crippen LogP contribution in [-0.4, -0.2) is 51.8 Å². The SMILES string of the molecule is CS(=O)(=O)NCCN1CC[C@@H](N)C1. The normalized spacial score (nSPS) is 25.2. The Morgan fingerprint density at radius 3 is 2.77 bits per heavy atom. The van der Waals surface area contributed by atoms with Gasteiger partial charge < -0.3 is 10.6 Å². The lowest BCUT2D eigenvalue weighted by atomic mass is 10.3. The summed E-state index contributed by atoms with van der Waals surface area (Å²) in [6, 6.07) is 0.262. The van der Waals surface area contributed by atoms with Gasteiger partial charge in [0, 0.05) is 25.7 Å². The molecule has 0 radical (unpaired) electrons. The van der Waals surface area contributed by atoms with E-state index in [0.717, 1.165) is 26.1 Å². The molecule has 0 aromatic heterocycles. The van der Waals surface area contributed by atoms with Gasteiger partial charge >= 0.3 is 0 Å². The van der Waals surface area contributed by atoms with Crippen molar-refractivity contribution in [2.24, 2.45) is 5.73 Å². The Morgan fingerprint density at radius 1 is 1.62 bits per heavy atom. The predicted octanol–water partition coefficient (Wildman–Crippen LogP) is -1.43. The van der Waals surface area contributed by atoms with Crippen LogP contribution < -0.4 is 10.5 Å². The van der Waals surface area contributed by atoms with Crippen LogP contribution in [0.2, 0.25) is 0 Å². The minimum atomic E-state index is -3.04. The Bertz CT molecular complexity index is 252. The molecule has 0 aromatic carbocycles. The zero-order valence-corrected chi connectivity index (χ0v) is 8.68. The lowest BCUT2D eigenvalue weighted by molar-refractivity contribution is 0.339. The molecule has 5 nitrogen and oxygen atoms in total. The minimum Gasteiger partial charge on any atom is -0.326 e. The smallest absolute Gasteiger partial charge is 0.208 e. The number of nitrogens with two attached hydrogens (primary N) is 1. The van der Waals surface area contributed by atoms with Crippen molar-refractivity contribution < 1.29 is 8.42 Å². The predicted molar refractivity (Wildman–Crippen MR) is 51.9 cm³/mol. The highest BCUT2D eigenvalue weighted by Gasteiger charge is 2.18. The van der Waals surface area contributed by atoms with Gasteiger partial charge in [-0.2, -0.15) is 0 Å². The molecule has 0 bridgehead atoms. The molecule has 1 aliphatic rings. The van der Waals surface area contributed by atoms with Crippen molar-refractivity contribution in [1.82, 2.24) is 9.62 Å². The molecule has 1 heterocycles. The molecule has 1 rings (SSSR count). The van der Waals surface area contributed by atoms with Crippen LogP contribution in [0.3, 0.4) is 0 Å². The summed E-state index contributed by atoms with van der Waals surface area (Å²) in [6.45, 7) is 3.09. The van der Waals surface area contributed by atoms with Crippen molar-refractivity contribution in [3.63, 3.8) is 0 Å². The van der Waals surface area contributed by atoms with Gasteiger partial charge in [-0.15, -0.1) is 0 Å². The highest BCUT2D eigenvalue weighted by Crippen LogP contribution is 2.04. The van der Waals surface area contributed by atoms with Gasteiger partial charge in [-0.1, -0.05) is 0 Å². The number of sulfonamides is 1. The number of hydrogen-bond acceptors (Lipinski definition) is 4. The van der Waals surface area contributed by atoms with Gasteiger partial charge in [0.05, 0.1) is 6.26 Å². The van der Waals surface area contributed by atoms with Crippen molar-refractivity contribution in [2.45, 2.75) is 12.5 Å². The van der Waals surface area contributed by atoms with E-state index < -0.39 is 10.0 Å². The molecule has 0 spiro atoms. The summed E-state index contributed by atoms with van der Waals surface area (Å²) >= 11 is 0. The number of hydrogen-bond donors (Lipinski definition) is 2. The van der Waals surface area contributed by atoms with Crippen molar-refractivity contribution in [1.29, 1.82) is 0 Å². The molecule has 78 valence electrons. The third kappa shape index (κ3) is 4.56. The summed E-state index contributed by atoms with van der Waals surface area (Å²) in [7, 11) is -3.04. The van der Waals surface area contributed by atoms with Crippen LogP contribution in [0.15, 0.2) is 0 Å². The third-order valence-corrected chi connectivity index (χ3v) is 2.83. The van der Waals surface area contributed by atoms with Gasteiger partial charge in [-0.3, -0.25) is 0 Å². The van der Waals surface area contributed by atoms with E-state index in [1.807, 2.05) is 0 Å². The van der Waals surface area contributed by atoms with Crippen LogP contribution in [-0.2, 0) is 10.0 Å². The lowest BCUT2D eigenvalue weighted by Gasteiger charge is -2.14. The van der Waals surface area contributed by atoms with Crippen LogP contribution in [0.5, 0.6) is 0 Å². The summed E-state index contributed by atoms with van der Waals surface area (Å²) in [6.07, 6.45) is 2.18. The number of rotatable bonds is 4. The Kier molecular flexibility index (Phi) is 3.66. The summed E-state index contributed by atoms with van der Waals surface area (Å²) in [5.74, 6) is 0. The Labute approximate surface area is 79.3 Å². The van der Waals surface area contributed by atoms with Crippen LogP contribution >= 0.6 is 0 Å². The van der Waals surface area contributed by atoms with E-state index in [1.165, 1.54) is 6.26 Å². The summed E-state index contributed by atoms with van der Waals surface area (Å²) in [4.78, 5) is 2.17. The third-order valence-electron chi connectivity index (χ3n) is 2.10. The molecule has 0 aliphatic carbocycles. The van der Waals surface area contributed by atoms with E-state index in [0.29, 0.717) is 6.54 Å². The minimum absolute atomic E-state index is 0.262. The second kappa shape index (κ2) is 4.36. The Balaban J connectivity index is 2.14. The van der Waals surface area contributed by atoms with Gasteiger partial charge in [-0.25, -0.2) is 13.1 Å². The quantitative estimate of drug-likeness (QED) is 0.592. The number of likely N-dealkylation sites (tertiary alicyclic amines) is 1. The van der Waals surface area contributed by atoms with E-state index in [-0.39, 0.29) is 6.04 Å². The second-order valence-electron chi connectivity index (χ2n) is 3.52. The first-order valence-electron chi connectivity index (χ1n) is 4.40. The van der Waals surface area contributed by atoms with Crippen LogP contribution in [0.25, 0.3) is 0 Å². The fourth-order valence-electron chi connectivity index (χ4n) is 1.45. The lowest BCUT2D eigenvalue weighted by Crippen LogP contribution is -2.34. The molecular weight excluding hydrogens is 190 g/mol. The first-order valence-corrected chi connectivity index (χ1v) is 6.29. The molecule has 13 heavy (non-hydrogen) atoms. The average molecular weight is 207 g/mol. The van der Waals surface area contributed by atoms with E-state index in [9.17, 15) is 8.42 Å². The molecule has 1 saturated heterocycles. The van der Waals surface area contributed by atoms with Crippen molar-refractivity contribution in [2.75, 3.05) is 32.4 Å². The first-order chi connectivity index (χ1) is 5.97. The fourth-order valence-corrected chi connectivity index (χ4v) is 1.92. The van der Waals surface area contributed by atoms with Crippen molar-refractivity contribution >= 4 is 10.0 Å². The van der Waals surface area contributed by atoms with E-state index in [1.54, 1.807) is 0 Å². The maximum Gasteiger partial charge on any atom is 0.208 e. The maximum atomic E-state index is 10.7. The molecule has 3 N–H and O–H groups in total. The van der Waals surface area contributed by atoms with Crippen LogP contribution in [0, 0.1) is 0 Å². The molecule has 0 amide bonds. The molecule has 1 atom stereocenters. The van der Waals surface area contributed by atoms with Crippen molar-refractivity contribution in [3.8, 4) is 0 Å². The molecule has 0 aromatic rings. The largest absolute Gasteiger partial charge is 0.326 e. The van der Waals surface area contributed by atoms with Gasteiger partial charge in [0.1, 0.15) is 0 Å². The maximum absolute atomic E-state index is 10.7. The Morgan fingerprint density at radius 2 is 2.31 bits per heavy atom. The van der Waals surface area contributed by atoms with Crippen LogP contribution in [0.1, 0.15) is 6.42 Å². The fraction of sp³-hybridized carbons (Fsp3) is 1.00. The van der Waals surface area contributed by atoms with Gasteiger partial charge in [0.2, 0.25) is 10.0 Å². The first kappa shape index (κ1) is 10.9. The summed E-state index contributed by atoms with van der Waals surface area (Å²) < 4.78 is 23.9. The summed E-state index contributed by atoms with van der Waals surface area (Å²) in [5.41, 5.74) is 5.70. The highest BCUT2D eigenvalue weighted by atomic mass is 32.2. The standard InChI is InChI=1S/C7H17N3O2S/c1-13(11,12)9-3-5-10-4-2-7(8)6-10/h7,9H,2-6,8H2,1H3/t7-/m1/s1. The molecular formula is C7H17N3O2S. The monoisotopic (exact) mass is 207 g/mol.